The maximum atomic E-state index is 13.3. The first-order valence-corrected chi connectivity index (χ1v) is 7.20. The van der Waals surface area contributed by atoms with Crippen molar-refractivity contribution in [2.75, 3.05) is 0 Å². The van der Waals surface area contributed by atoms with Gasteiger partial charge < -0.3 is 5.11 Å². The van der Waals surface area contributed by atoms with Gasteiger partial charge in [-0.1, -0.05) is 23.7 Å². The summed E-state index contributed by atoms with van der Waals surface area (Å²) >= 11 is 5.80. The van der Waals surface area contributed by atoms with E-state index in [9.17, 15) is 27.9 Å². The molecule has 1 aromatic carbocycles. The predicted molar refractivity (Wildman–Crippen MR) is 84.3 cm³/mol. The van der Waals surface area contributed by atoms with Crippen LogP contribution in [0.5, 0.6) is 0 Å². The van der Waals surface area contributed by atoms with Crippen LogP contribution in [0.1, 0.15) is 15.9 Å². The number of benzene rings is 1. The number of aromatic nitrogens is 2. The molecule has 0 bridgehead atoms. The van der Waals surface area contributed by atoms with E-state index in [0.717, 1.165) is 22.9 Å². The number of fused-ring (bicyclic) bond motifs is 1. The summed E-state index contributed by atoms with van der Waals surface area (Å²) in [5, 5.41) is 9.00. The van der Waals surface area contributed by atoms with E-state index < -0.39 is 28.7 Å². The summed E-state index contributed by atoms with van der Waals surface area (Å²) < 4.78 is 40.9. The maximum Gasteiger partial charge on any atom is 0.418 e. The lowest BCUT2D eigenvalue weighted by molar-refractivity contribution is -0.137. The second-order valence-electron chi connectivity index (χ2n) is 5.07. The molecule has 0 saturated heterocycles. The second-order valence-corrected chi connectivity index (χ2v) is 5.45. The van der Waals surface area contributed by atoms with Gasteiger partial charge in [0, 0.05) is 6.20 Å². The smallest absolute Gasteiger partial charge is 0.418 e. The number of halogens is 4. The molecule has 0 saturated carbocycles. The number of nitrogens with zero attached hydrogens (tertiary/aromatic N) is 2. The second kappa shape index (κ2) is 5.89. The van der Waals surface area contributed by atoms with Gasteiger partial charge in [-0.25, -0.2) is 9.78 Å². The molecule has 9 heteroatoms. The molecule has 0 fully saturated rings. The number of aromatic carboxylic acids is 1. The minimum atomic E-state index is -4.69. The minimum absolute atomic E-state index is 0.0479. The average Bonchev–Trinajstić information content (AvgIpc) is 2.54. The lowest BCUT2D eigenvalue weighted by Crippen LogP contribution is -2.20. The lowest BCUT2D eigenvalue weighted by Gasteiger charge is -2.17. The molecular weight excluding hydrogens is 361 g/mol. The molecule has 0 radical (unpaired) electrons. The van der Waals surface area contributed by atoms with Crippen molar-refractivity contribution in [3.63, 3.8) is 0 Å². The largest absolute Gasteiger partial charge is 0.477 e. The molecule has 0 amide bonds. The van der Waals surface area contributed by atoms with Gasteiger partial charge in [0.15, 0.2) is 0 Å². The molecule has 0 atom stereocenters. The van der Waals surface area contributed by atoms with Crippen molar-refractivity contribution in [1.82, 2.24) is 9.55 Å². The molecule has 0 spiro atoms. The highest BCUT2D eigenvalue weighted by atomic mass is 35.5. The first kappa shape index (κ1) is 17.0. The molecule has 3 aromatic rings. The zero-order valence-electron chi connectivity index (χ0n) is 12.2. The zero-order valence-corrected chi connectivity index (χ0v) is 13.0. The van der Waals surface area contributed by atoms with Crippen LogP contribution in [0, 0.1) is 0 Å². The SMILES string of the molecule is O=C(O)c1cn(-c2ccccc2C(F)(F)F)c2nc(Cl)ccc2c1=O. The van der Waals surface area contributed by atoms with Gasteiger partial charge >= 0.3 is 12.1 Å². The van der Waals surface area contributed by atoms with Crippen LogP contribution < -0.4 is 5.43 Å². The fourth-order valence-electron chi connectivity index (χ4n) is 2.44. The van der Waals surface area contributed by atoms with Crippen molar-refractivity contribution in [3.05, 3.63) is 69.1 Å². The molecule has 0 unspecified atom stereocenters. The number of carboxylic acids is 1. The number of carboxylic acid groups (broad SMARTS) is 1. The van der Waals surface area contributed by atoms with Crippen molar-refractivity contribution < 1.29 is 23.1 Å². The Morgan fingerprint density at radius 3 is 2.48 bits per heavy atom. The molecule has 2 heterocycles. The van der Waals surface area contributed by atoms with E-state index in [4.69, 9.17) is 11.6 Å². The summed E-state index contributed by atoms with van der Waals surface area (Å²) in [4.78, 5) is 27.5. The van der Waals surface area contributed by atoms with Gasteiger partial charge in [0.05, 0.1) is 16.6 Å². The zero-order chi connectivity index (χ0) is 18.4. The molecule has 5 nitrogen and oxygen atoms in total. The quantitative estimate of drug-likeness (QED) is 0.699. The Labute approximate surface area is 142 Å². The predicted octanol–water partition coefficient (Wildman–Crippen LogP) is 3.76. The van der Waals surface area contributed by atoms with E-state index in [1.54, 1.807) is 0 Å². The van der Waals surface area contributed by atoms with E-state index in [1.807, 2.05) is 0 Å². The van der Waals surface area contributed by atoms with Gasteiger partial charge in [0.25, 0.3) is 0 Å². The van der Waals surface area contributed by atoms with Crippen molar-refractivity contribution in [2.24, 2.45) is 0 Å². The molecule has 3 rings (SSSR count). The van der Waals surface area contributed by atoms with Gasteiger partial charge in [-0.2, -0.15) is 13.2 Å². The third kappa shape index (κ3) is 2.96. The van der Waals surface area contributed by atoms with E-state index in [-0.39, 0.29) is 21.9 Å². The topological polar surface area (TPSA) is 72.2 Å². The Morgan fingerprint density at radius 2 is 1.84 bits per heavy atom. The lowest BCUT2D eigenvalue weighted by atomic mass is 10.1. The number of carbonyl (C=O) groups is 1. The summed E-state index contributed by atoms with van der Waals surface area (Å²) in [6.45, 7) is 0. The standard InChI is InChI=1S/C16H8ClF3N2O3/c17-12-6-5-8-13(23)9(15(24)25)7-22(14(8)21-12)11-4-2-1-3-10(11)16(18,19)20/h1-7H,(H,24,25). The first-order valence-electron chi connectivity index (χ1n) is 6.82. The van der Waals surface area contributed by atoms with Crippen LogP contribution >= 0.6 is 11.6 Å². The monoisotopic (exact) mass is 368 g/mol. The molecule has 1 N–H and O–H groups in total. The van der Waals surface area contributed by atoms with Crippen LogP contribution in [0.4, 0.5) is 13.2 Å². The Balaban J connectivity index is 2.49. The highest BCUT2D eigenvalue weighted by Gasteiger charge is 2.34. The third-order valence-corrected chi connectivity index (χ3v) is 3.73. The van der Waals surface area contributed by atoms with E-state index >= 15 is 0 Å². The van der Waals surface area contributed by atoms with E-state index in [0.29, 0.717) is 0 Å². The van der Waals surface area contributed by atoms with Crippen molar-refractivity contribution in [2.45, 2.75) is 6.18 Å². The number of rotatable bonds is 2. The van der Waals surface area contributed by atoms with Gasteiger partial charge in [-0.05, 0) is 24.3 Å². The molecule has 128 valence electrons. The highest BCUT2D eigenvalue weighted by molar-refractivity contribution is 6.29. The number of para-hydroxylation sites is 1. The molecule has 25 heavy (non-hydrogen) atoms. The number of alkyl halides is 3. The summed E-state index contributed by atoms with van der Waals surface area (Å²) in [5.41, 5.74) is -3.06. The molecule has 2 aromatic heterocycles. The van der Waals surface area contributed by atoms with Gasteiger partial charge in [0.2, 0.25) is 5.43 Å². The summed E-state index contributed by atoms with van der Waals surface area (Å²) in [6.07, 6.45) is -3.87. The van der Waals surface area contributed by atoms with Gasteiger partial charge in [-0.3, -0.25) is 9.36 Å². The van der Waals surface area contributed by atoms with Crippen LogP contribution in [-0.2, 0) is 6.18 Å². The molecule has 0 aliphatic carbocycles. The molecule has 0 aliphatic rings. The van der Waals surface area contributed by atoms with Crippen molar-refractivity contribution in [1.29, 1.82) is 0 Å². The highest BCUT2D eigenvalue weighted by Crippen LogP contribution is 2.34. The van der Waals surface area contributed by atoms with Crippen molar-refractivity contribution in [3.8, 4) is 5.69 Å². The molecular formula is C16H8ClF3N2O3. The summed E-state index contributed by atoms with van der Waals surface area (Å²) in [6, 6.07) is 7.06. The van der Waals surface area contributed by atoms with E-state index in [1.165, 1.54) is 24.3 Å². The van der Waals surface area contributed by atoms with Crippen LogP contribution in [0.15, 0.2) is 47.4 Å². The number of hydrogen-bond acceptors (Lipinski definition) is 3. The Bertz CT molecular complexity index is 1060. The average molecular weight is 369 g/mol. The third-order valence-electron chi connectivity index (χ3n) is 3.52. The first-order chi connectivity index (χ1) is 11.7. The number of hydrogen-bond donors (Lipinski definition) is 1. The minimum Gasteiger partial charge on any atom is -0.477 e. The fourth-order valence-corrected chi connectivity index (χ4v) is 2.58. The van der Waals surface area contributed by atoms with Gasteiger partial charge in [0.1, 0.15) is 16.4 Å². The normalized spacial score (nSPS) is 11.7. The maximum absolute atomic E-state index is 13.3. The van der Waals surface area contributed by atoms with Gasteiger partial charge in [-0.15, -0.1) is 0 Å². The Morgan fingerprint density at radius 1 is 1.16 bits per heavy atom. The van der Waals surface area contributed by atoms with Crippen LogP contribution in [0.25, 0.3) is 16.7 Å². The Hall–Kier alpha value is -2.87. The van der Waals surface area contributed by atoms with Crippen LogP contribution in [-0.4, -0.2) is 20.6 Å². The number of pyridine rings is 2. The Kier molecular flexibility index (Phi) is 4.00. The molecule has 0 aliphatic heterocycles. The van der Waals surface area contributed by atoms with Crippen LogP contribution in [0.3, 0.4) is 0 Å². The van der Waals surface area contributed by atoms with Crippen LogP contribution in [0.2, 0.25) is 5.15 Å². The summed E-state index contributed by atoms with van der Waals surface area (Å²) in [5.74, 6) is -1.56. The summed E-state index contributed by atoms with van der Waals surface area (Å²) in [7, 11) is 0. The fraction of sp³-hybridized carbons (Fsp3) is 0.0625. The van der Waals surface area contributed by atoms with E-state index in [2.05, 4.69) is 4.98 Å². The van der Waals surface area contributed by atoms with Crippen molar-refractivity contribution >= 4 is 28.6 Å².